The molecule has 0 spiro atoms. The summed E-state index contributed by atoms with van der Waals surface area (Å²) in [5.74, 6) is 0.000196. The van der Waals surface area contributed by atoms with Gasteiger partial charge in [0.2, 0.25) is 5.91 Å². The van der Waals surface area contributed by atoms with Crippen molar-refractivity contribution in [3.8, 4) is 0 Å². The number of amides is 1. The molecule has 1 heterocycles. The third-order valence-electron chi connectivity index (χ3n) is 3.08. The van der Waals surface area contributed by atoms with Crippen molar-refractivity contribution in [1.82, 2.24) is 5.32 Å². The van der Waals surface area contributed by atoms with Crippen LogP contribution in [0, 0.1) is 0 Å². The number of aliphatic hydroxyl groups is 1. The molecule has 20 heavy (non-hydrogen) atoms. The molecule has 1 aromatic carbocycles. The molecule has 0 saturated heterocycles. The Labute approximate surface area is 123 Å². The van der Waals surface area contributed by atoms with Gasteiger partial charge in [0.15, 0.2) is 0 Å². The highest BCUT2D eigenvalue weighted by Gasteiger charge is 2.14. The first-order valence-corrected chi connectivity index (χ1v) is 7.58. The van der Waals surface area contributed by atoms with Gasteiger partial charge in [-0.3, -0.25) is 4.79 Å². The van der Waals surface area contributed by atoms with Gasteiger partial charge in [-0.25, -0.2) is 0 Å². The van der Waals surface area contributed by atoms with E-state index < -0.39 is 6.10 Å². The lowest BCUT2D eigenvalue weighted by atomic mass is 10.0. The van der Waals surface area contributed by atoms with E-state index in [-0.39, 0.29) is 11.9 Å². The fourth-order valence-corrected chi connectivity index (χ4v) is 2.81. The Kier molecular flexibility index (Phi) is 5.32. The zero-order valence-electron chi connectivity index (χ0n) is 11.5. The zero-order valence-corrected chi connectivity index (χ0v) is 12.3. The van der Waals surface area contributed by atoms with Crippen LogP contribution in [0.3, 0.4) is 0 Å². The Morgan fingerprint density at radius 1 is 1.25 bits per heavy atom. The van der Waals surface area contributed by atoms with E-state index in [9.17, 15) is 9.90 Å². The Morgan fingerprint density at radius 2 is 2.00 bits per heavy atom. The van der Waals surface area contributed by atoms with Crippen LogP contribution >= 0.6 is 11.3 Å². The molecule has 0 fully saturated rings. The van der Waals surface area contributed by atoms with Crippen molar-refractivity contribution in [2.45, 2.75) is 31.9 Å². The lowest BCUT2D eigenvalue weighted by molar-refractivity contribution is -0.121. The number of hydrogen-bond acceptors (Lipinski definition) is 3. The molecule has 1 amide bonds. The predicted molar refractivity (Wildman–Crippen MR) is 81.6 cm³/mol. The summed E-state index contributed by atoms with van der Waals surface area (Å²) in [4.78, 5) is 12.9. The smallest absolute Gasteiger partial charge is 0.225 e. The van der Waals surface area contributed by atoms with Crippen LogP contribution in [-0.4, -0.2) is 17.1 Å². The minimum absolute atomic E-state index is 0.000196. The molecular formula is C16H19NO2S. The van der Waals surface area contributed by atoms with Crippen molar-refractivity contribution in [2.24, 2.45) is 0 Å². The maximum Gasteiger partial charge on any atom is 0.225 e. The van der Waals surface area contributed by atoms with Gasteiger partial charge in [-0.1, -0.05) is 36.4 Å². The molecule has 0 aliphatic heterocycles. The summed E-state index contributed by atoms with van der Waals surface area (Å²) >= 11 is 1.58. The van der Waals surface area contributed by atoms with Gasteiger partial charge < -0.3 is 10.4 Å². The van der Waals surface area contributed by atoms with Gasteiger partial charge in [-0.2, -0.15) is 0 Å². The SMILES string of the molecule is C[C@@H](C[C@H](O)c1ccccc1)NC(=O)Cc1cccs1. The zero-order chi connectivity index (χ0) is 14.4. The standard InChI is InChI=1S/C16H19NO2S/c1-12(10-15(18)13-6-3-2-4-7-13)17-16(19)11-14-8-5-9-20-14/h2-9,12,15,18H,10-11H2,1H3,(H,17,19)/t12-,15-/m0/s1. The Bertz CT molecular complexity index is 525. The van der Waals surface area contributed by atoms with Gasteiger partial charge in [0.05, 0.1) is 12.5 Å². The Hall–Kier alpha value is -1.65. The van der Waals surface area contributed by atoms with Crippen molar-refractivity contribution >= 4 is 17.2 Å². The van der Waals surface area contributed by atoms with E-state index in [2.05, 4.69) is 5.32 Å². The molecule has 0 unspecified atom stereocenters. The minimum Gasteiger partial charge on any atom is -0.388 e. The van der Waals surface area contributed by atoms with Gasteiger partial charge >= 0.3 is 0 Å². The second-order valence-electron chi connectivity index (χ2n) is 4.89. The summed E-state index contributed by atoms with van der Waals surface area (Å²) in [6.07, 6.45) is 0.372. The number of carbonyl (C=O) groups excluding carboxylic acids is 1. The molecule has 0 aliphatic rings. The van der Waals surface area contributed by atoms with Crippen molar-refractivity contribution in [3.05, 3.63) is 58.3 Å². The Balaban J connectivity index is 1.80. The highest BCUT2D eigenvalue weighted by atomic mass is 32.1. The fourth-order valence-electron chi connectivity index (χ4n) is 2.10. The van der Waals surface area contributed by atoms with Gasteiger partial charge in [-0.15, -0.1) is 11.3 Å². The van der Waals surface area contributed by atoms with E-state index in [4.69, 9.17) is 0 Å². The van der Waals surface area contributed by atoms with E-state index >= 15 is 0 Å². The molecule has 2 aromatic rings. The van der Waals surface area contributed by atoms with Crippen LogP contribution in [-0.2, 0) is 11.2 Å². The van der Waals surface area contributed by atoms with E-state index in [1.54, 1.807) is 11.3 Å². The topological polar surface area (TPSA) is 49.3 Å². The Morgan fingerprint density at radius 3 is 2.65 bits per heavy atom. The highest BCUT2D eigenvalue weighted by molar-refractivity contribution is 7.10. The van der Waals surface area contributed by atoms with Crippen LogP contribution in [0.1, 0.15) is 29.9 Å². The van der Waals surface area contributed by atoms with Gasteiger partial charge in [-0.05, 0) is 30.4 Å². The van der Waals surface area contributed by atoms with Crippen molar-refractivity contribution < 1.29 is 9.90 Å². The minimum atomic E-state index is -0.548. The normalized spacial score (nSPS) is 13.7. The molecule has 106 valence electrons. The maximum atomic E-state index is 11.9. The van der Waals surface area contributed by atoms with Gasteiger partial charge in [0, 0.05) is 10.9 Å². The summed E-state index contributed by atoms with van der Waals surface area (Å²) in [7, 11) is 0. The molecule has 0 radical (unpaired) electrons. The third kappa shape index (κ3) is 4.47. The quantitative estimate of drug-likeness (QED) is 0.859. The average molecular weight is 289 g/mol. The first-order chi connectivity index (χ1) is 9.65. The van der Waals surface area contributed by atoms with Gasteiger partial charge in [0.25, 0.3) is 0 Å². The number of rotatable bonds is 6. The summed E-state index contributed by atoms with van der Waals surface area (Å²) < 4.78 is 0. The highest BCUT2D eigenvalue weighted by Crippen LogP contribution is 2.17. The molecule has 2 N–H and O–H groups in total. The largest absolute Gasteiger partial charge is 0.388 e. The van der Waals surface area contributed by atoms with Crippen molar-refractivity contribution in [1.29, 1.82) is 0 Å². The molecule has 3 nitrogen and oxygen atoms in total. The lowest BCUT2D eigenvalue weighted by Crippen LogP contribution is -2.34. The van der Waals surface area contributed by atoms with Crippen LogP contribution in [0.4, 0.5) is 0 Å². The molecule has 0 saturated carbocycles. The van der Waals surface area contributed by atoms with Gasteiger partial charge in [0.1, 0.15) is 0 Å². The second-order valence-corrected chi connectivity index (χ2v) is 5.92. The molecule has 2 rings (SSSR count). The molecule has 1 aromatic heterocycles. The monoisotopic (exact) mass is 289 g/mol. The number of carbonyl (C=O) groups is 1. The molecule has 0 aliphatic carbocycles. The summed E-state index contributed by atoms with van der Waals surface area (Å²) in [5, 5.41) is 15.0. The summed E-state index contributed by atoms with van der Waals surface area (Å²) in [6, 6.07) is 13.3. The van der Waals surface area contributed by atoms with Crippen LogP contribution in [0.15, 0.2) is 47.8 Å². The number of thiophene rings is 1. The molecule has 2 atom stereocenters. The van der Waals surface area contributed by atoms with Crippen LogP contribution < -0.4 is 5.32 Å². The number of hydrogen-bond donors (Lipinski definition) is 2. The van der Waals surface area contributed by atoms with Crippen molar-refractivity contribution in [2.75, 3.05) is 0 Å². The summed E-state index contributed by atoms with van der Waals surface area (Å²) in [5.41, 5.74) is 0.881. The first-order valence-electron chi connectivity index (χ1n) is 6.70. The first kappa shape index (κ1) is 14.8. The van der Waals surface area contributed by atoms with E-state index in [0.717, 1.165) is 10.4 Å². The number of aliphatic hydroxyl groups excluding tert-OH is 1. The van der Waals surface area contributed by atoms with Crippen LogP contribution in [0.5, 0.6) is 0 Å². The van der Waals surface area contributed by atoms with Crippen LogP contribution in [0.2, 0.25) is 0 Å². The molecule has 4 heteroatoms. The maximum absolute atomic E-state index is 11.9. The number of nitrogens with one attached hydrogen (secondary N) is 1. The average Bonchev–Trinajstić information content (AvgIpc) is 2.92. The van der Waals surface area contributed by atoms with Crippen molar-refractivity contribution in [3.63, 3.8) is 0 Å². The molecular weight excluding hydrogens is 270 g/mol. The number of benzene rings is 1. The van der Waals surface area contributed by atoms with E-state index in [1.165, 1.54) is 0 Å². The van der Waals surface area contributed by atoms with E-state index in [1.807, 2.05) is 54.8 Å². The molecule has 0 bridgehead atoms. The van der Waals surface area contributed by atoms with E-state index in [0.29, 0.717) is 12.8 Å². The predicted octanol–water partition coefficient (Wildman–Crippen LogP) is 2.92. The fraction of sp³-hybridized carbons (Fsp3) is 0.312. The van der Waals surface area contributed by atoms with Crippen LogP contribution in [0.25, 0.3) is 0 Å². The summed E-state index contributed by atoms with van der Waals surface area (Å²) in [6.45, 7) is 1.92. The third-order valence-corrected chi connectivity index (χ3v) is 3.96. The lowest BCUT2D eigenvalue weighted by Gasteiger charge is -2.18. The second kappa shape index (κ2) is 7.22.